The van der Waals surface area contributed by atoms with Crippen LogP contribution in [-0.4, -0.2) is 40.9 Å². The molecule has 0 aliphatic carbocycles. The van der Waals surface area contributed by atoms with Crippen molar-refractivity contribution in [1.82, 2.24) is 4.57 Å². The number of rotatable bonds is 6. The van der Waals surface area contributed by atoms with Crippen LogP contribution < -0.4 is 4.74 Å². The molecule has 2 heterocycles. The van der Waals surface area contributed by atoms with Crippen LogP contribution in [0.1, 0.15) is 28.0 Å². The van der Waals surface area contributed by atoms with Crippen molar-refractivity contribution in [2.24, 2.45) is 0 Å². The number of nitrogens with zero attached hydrogens (tertiary/aromatic N) is 1. The molecule has 1 aliphatic rings. The van der Waals surface area contributed by atoms with E-state index in [1.165, 1.54) is 0 Å². The number of aryl methyl sites for hydroxylation is 1. The van der Waals surface area contributed by atoms with Gasteiger partial charge in [-0.05, 0) is 48.9 Å². The molecule has 1 aromatic heterocycles. The molecule has 1 unspecified atom stereocenters. The molecule has 1 atom stereocenters. The van der Waals surface area contributed by atoms with Gasteiger partial charge in [0, 0.05) is 29.7 Å². The van der Waals surface area contributed by atoms with Gasteiger partial charge in [-0.25, -0.2) is 0 Å². The zero-order chi connectivity index (χ0) is 19.7. The molecule has 0 bridgehead atoms. The van der Waals surface area contributed by atoms with Crippen molar-refractivity contribution in [3.8, 4) is 5.75 Å². The molecule has 1 saturated heterocycles. The standard InChI is InChI=1S/C22H21NO5/c1-14-11-19-16(12-21(24)25)3-2-4-20(19)23(14)22(26)15-5-7-17(8-6-15)28-13-18-9-10-27-18/h2-8,11,18H,9-10,12-13H2,1H3,(H,24,25). The van der Waals surface area contributed by atoms with E-state index in [9.17, 15) is 9.59 Å². The molecule has 6 heteroatoms. The molecule has 1 fully saturated rings. The van der Waals surface area contributed by atoms with Gasteiger partial charge in [0.2, 0.25) is 0 Å². The van der Waals surface area contributed by atoms with E-state index >= 15 is 0 Å². The van der Waals surface area contributed by atoms with Crippen molar-refractivity contribution < 1.29 is 24.2 Å². The van der Waals surface area contributed by atoms with Crippen LogP contribution in [0, 0.1) is 6.92 Å². The van der Waals surface area contributed by atoms with Crippen molar-refractivity contribution in [3.63, 3.8) is 0 Å². The SMILES string of the molecule is Cc1cc2c(CC(=O)O)cccc2n1C(=O)c1ccc(OCC2CCO2)cc1. The Kier molecular flexibility index (Phi) is 4.88. The van der Waals surface area contributed by atoms with Crippen LogP contribution in [-0.2, 0) is 16.0 Å². The van der Waals surface area contributed by atoms with Gasteiger partial charge in [0.25, 0.3) is 5.91 Å². The van der Waals surface area contributed by atoms with Gasteiger partial charge in [0.15, 0.2) is 0 Å². The molecule has 3 aromatic rings. The highest BCUT2D eigenvalue weighted by atomic mass is 16.5. The van der Waals surface area contributed by atoms with Crippen molar-refractivity contribution in [2.45, 2.75) is 25.9 Å². The predicted octanol–water partition coefficient (Wildman–Crippen LogP) is 3.43. The molecule has 6 nitrogen and oxygen atoms in total. The highest BCUT2D eigenvalue weighted by molar-refractivity contribution is 6.04. The highest BCUT2D eigenvalue weighted by Gasteiger charge is 2.19. The number of hydrogen-bond donors (Lipinski definition) is 1. The molecule has 28 heavy (non-hydrogen) atoms. The summed E-state index contributed by atoms with van der Waals surface area (Å²) in [6, 6.07) is 14.3. The maximum absolute atomic E-state index is 13.1. The summed E-state index contributed by atoms with van der Waals surface area (Å²) in [5.74, 6) is -0.356. The molecule has 0 radical (unpaired) electrons. The maximum atomic E-state index is 13.1. The van der Waals surface area contributed by atoms with Crippen LogP contribution in [0.2, 0.25) is 0 Å². The Hall–Kier alpha value is -3.12. The Morgan fingerprint density at radius 1 is 1.21 bits per heavy atom. The number of fused-ring (bicyclic) bond motifs is 1. The van der Waals surface area contributed by atoms with Gasteiger partial charge in [0.05, 0.1) is 18.0 Å². The second-order valence-corrected chi connectivity index (χ2v) is 6.96. The molecule has 0 spiro atoms. The lowest BCUT2D eigenvalue weighted by Gasteiger charge is -2.26. The van der Waals surface area contributed by atoms with Crippen LogP contribution in [0.3, 0.4) is 0 Å². The fraction of sp³-hybridized carbons (Fsp3) is 0.273. The first-order valence-corrected chi connectivity index (χ1v) is 9.24. The summed E-state index contributed by atoms with van der Waals surface area (Å²) in [6.45, 7) is 3.15. The maximum Gasteiger partial charge on any atom is 0.307 e. The third-order valence-corrected chi connectivity index (χ3v) is 5.00. The number of aromatic nitrogens is 1. The van der Waals surface area contributed by atoms with Crippen LogP contribution in [0.15, 0.2) is 48.5 Å². The normalized spacial score (nSPS) is 16.0. The number of aliphatic carboxylic acids is 1. The minimum absolute atomic E-state index is 0.0777. The van der Waals surface area contributed by atoms with E-state index in [-0.39, 0.29) is 18.4 Å². The monoisotopic (exact) mass is 379 g/mol. The fourth-order valence-corrected chi connectivity index (χ4v) is 3.44. The molecular formula is C22H21NO5. The second-order valence-electron chi connectivity index (χ2n) is 6.96. The largest absolute Gasteiger partial charge is 0.491 e. The van der Waals surface area contributed by atoms with Gasteiger partial charge in [-0.15, -0.1) is 0 Å². The van der Waals surface area contributed by atoms with Crippen molar-refractivity contribution in [3.05, 3.63) is 65.4 Å². The molecule has 1 aliphatic heterocycles. The van der Waals surface area contributed by atoms with Gasteiger partial charge in [-0.1, -0.05) is 12.1 Å². The number of benzene rings is 2. The summed E-state index contributed by atoms with van der Waals surface area (Å²) in [6.07, 6.45) is 1.10. The number of ether oxygens (including phenoxy) is 2. The molecule has 2 aromatic carbocycles. The van der Waals surface area contributed by atoms with E-state index in [0.29, 0.717) is 29.0 Å². The average molecular weight is 379 g/mol. The summed E-state index contributed by atoms with van der Waals surface area (Å²) in [4.78, 5) is 24.2. The number of carbonyl (C=O) groups excluding carboxylic acids is 1. The molecule has 0 saturated carbocycles. The van der Waals surface area contributed by atoms with E-state index in [1.807, 2.05) is 19.1 Å². The minimum atomic E-state index is -0.896. The zero-order valence-corrected chi connectivity index (χ0v) is 15.6. The van der Waals surface area contributed by atoms with E-state index in [2.05, 4.69) is 0 Å². The zero-order valence-electron chi connectivity index (χ0n) is 15.6. The lowest BCUT2D eigenvalue weighted by Crippen LogP contribution is -2.32. The van der Waals surface area contributed by atoms with Gasteiger partial charge >= 0.3 is 5.97 Å². The molecule has 4 rings (SSSR count). The molecule has 144 valence electrons. The summed E-state index contributed by atoms with van der Waals surface area (Å²) >= 11 is 0. The van der Waals surface area contributed by atoms with Gasteiger partial charge in [0.1, 0.15) is 12.4 Å². The van der Waals surface area contributed by atoms with Crippen LogP contribution in [0.5, 0.6) is 5.75 Å². The van der Waals surface area contributed by atoms with Gasteiger partial charge < -0.3 is 14.6 Å². The number of carbonyl (C=O) groups is 2. The number of carboxylic acids is 1. The van der Waals surface area contributed by atoms with Crippen LogP contribution >= 0.6 is 0 Å². The van der Waals surface area contributed by atoms with Crippen molar-refractivity contribution in [1.29, 1.82) is 0 Å². The Morgan fingerprint density at radius 3 is 2.61 bits per heavy atom. The Morgan fingerprint density at radius 2 is 1.96 bits per heavy atom. The third kappa shape index (κ3) is 3.51. The van der Waals surface area contributed by atoms with Gasteiger partial charge in [-0.3, -0.25) is 14.2 Å². The highest BCUT2D eigenvalue weighted by Crippen LogP contribution is 2.25. The van der Waals surface area contributed by atoms with Gasteiger partial charge in [-0.2, -0.15) is 0 Å². The first-order chi connectivity index (χ1) is 13.5. The fourth-order valence-electron chi connectivity index (χ4n) is 3.44. The summed E-state index contributed by atoms with van der Waals surface area (Å²) in [5, 5.41) is 9.91. The average Bonchev–Trinajstić information content (AvgIpc) is 2.97. The summed E-state index contributed by atoms with van der Waals surface area (Å²) in [5.41, 5.74) is 2.71. The smallest absolute Gasteiger partial charge is 0.307 e. The summed E-state index contributed by atoms with van der Waals surface area (Å²) in [7, 11) is 0. The summed E-state index contributed by atoms with van der Waals surface area (Å²) < 4.78 is 12.6. The first-order valence-electron chi connectivity index (χ1n) is 9.24. The Bertz CT molecular complexity index is 1030. The molecular weight excluding hydrogens is 358 g/mol. The minimum Gasteiger partial charge on any atom is -0.491 e. The first kappa shape index (κ1) is 18.3. The topological polar surface area (TPSA) is 77.8 Å². The lowest BCUT2D eigenvalue weighted by molar-refractivity contribution is -0.136. The van der Waals surface area contributed by atoms with Crippen LogP contribution in [0.25, 0.3) is 10.9 Å². The van der Waals surface area contributed by atoms with E-state index in [4.69, 9.17) is 14.6 Å². The predicted molar refractivity (Wildman–Crippen MR) is 104 cm³/mol. The van der Waals surface area contributed by atoms with Crippen molar-refractivity contribution in [2.75, 3.05) is 13.2 Å². The van der Waals surface area contributed by atoms with Crippen LogP contribution in [0.4, 0.5) is 0 Å². The van der Waals surface area contributed by atoms with E-state index < -0.39 is 5.97 Å². The number of carboxylic acid groups (broad SMARTS) is 1. The second kappa shape index (κ2) is 7.48. The third-order valence-electron chi connectivity index (χ3n) is 5.00. The molecule has 0 amide bonds. The lowest BCUT2D eigenvalue weighted by atomic mass is 10.1. The van der Waals surface area contributed by atoms with E-state index in [0.717, 1.165) is 24.1 Å². The molecule has 1 N–H and O–H groups in total. The number of hydrogen-bond acceptors (Lipinski definition) is 4. The Labute approximate surface area is 162 Å². The van der Waals surface area contributed by atoms with Crippen molar-refractivity contribution >= 4 is 22.8 Å². The van der Waals surface area contributed by atoms with E-state index in [1.54, 1.807) is 41.0 Å². The Balaban J connectivity index is 1.59. The quantitative estimate of drug-likeness (QED) is 0.710.